The number of halogens is 4. The first kappa shape index (κ1) is 50.9. The molecule has 0 unspecified atom stereocenters. The number of benzene rings is 4. The lowest BCUT2D eigenvalue weighted by atomic mass is 9.71. The van der Waals surface area contributed by atoms with Crippen molar-refractivity contribution >= 4 is 0 Å². The average Bonchev–Trinajstić information content (AvgIpc) is 3.89. The summed E-state index contributed by atoms with van der Waals surface area (Å²) in [6.07, 6.45) is 10.1. The molecular weight excluding hydrogens is 989 g/mol. The van der Waals surface area contributed by atoms with Crippen molar-refractivity contribution < 1.29 is 17.6 Å². The molecule has 1 aliphatic rings. The number of hydrogen-bond acceptors (Lipinski definition) is 6. The number of nitrogens with zero attached hydrogens (tertiary/aromatic N) is 6. The SMILES string of the molecule is CCCC1(CCC)c2cc(C#Cc3cc(F)c(C#Cc4cc(-c5ccccn5)nc(-c5ccccn5)c4)cc3F)ccc2-c2ccc(C#Cc3cc(F)c(C#Cc4cc(-c5ccccn5)nc(-c5ccccn5)c4)cc3F)cc21. The van der Waals surface area contributed by atoms with Crippen LogP contribution in [0, 0.1) is 70.6 Å². The highest BCUT2D eigenvalue weighted by molar-refractivity contribution is 5.83. The minimum Gasteiger partial charge on any atom is -0.255 e. The van der Waals surface area contributed by atoms with Crippen molar-refractivity contribution in [1.82, 2.24) is 29.9 Å². The van der Waals surface area contributed by atoms with E-state index >= 15 is 17.6 Å². The Hall–Kier alpha value is -10.3. The summed E-state index contributed by atoms with van der Waals surface area (Å²) in [5.74, 6) is 20.8. The van der Waals surface area contributed by atoms with E-state index in [4.69, 9.17) is 9.97 Å². The maximum absolute atomic E-state index is 15.8. The Bertz CT molecular complexity index is 3840. The van der Waals surface area contributed by atoms with Crippen LogP contribution in [0.5, 0.6) is 0 Å². The molecule has 378 valence electrons. The van der Waals surface area contributed by atoms with E-state index in [9.17, 15) is 0 Å². The zero-order valence-corrected chi connectivity index (χ0v) is 42.8. The highest BCUT2D eigenvalue weighted by Crippen LogP contribution is 2.54. The monoisotopic (exact) mass is 1030 g/mol. The van der Waals surface area contributed by atoms with Gasteiger partial charge >= 0.3 is 0 Å². The standard InChI is InChI=1S/C69H44F4N6/c1-3-29-69(30-4-2)55-35-45(17-23-49-41-59(72)51(43-57(49)70)25-19-47-37-65(61-13-5-9-31-74-61)78-66(38-47)62-14-6-10-32-75-62)21-27-53(55)54-28-22-46(36-56(54)69)18-24-50-42-60(73)52(44-58(50)71)26-20-48-39-67(63-15-7-11-33-76-63)79-68(40-48)64-16-8-12-34-77-64/h5-16,21-22,27-28,31-44H,3-4,29-30H2,1-2H3. The van der Waals surface area contributed by atoms with Crippen molar-refractivity contribution in [3.8, 4) is 104 Å². The molecule has 10 heteroatoms. The van der Waals surface area contributed by atoms with Gasteiger partial charge in [0.15, 0.2) is 0 Å². The third kappa shape index (κ3) is 10.9. The fourth-order valence-electron chi connectivity index (χ4n) is 9.99. The summed E-state index contributed by atoms with van der Waals surface area (Å²) in [4.78, 5) is 27.2. The summed E-state index contributed by atoms with van der Waals surface area (Å²) in [5, 5.41) is 0. The van der Waals surface area contributed by atoms with E-state index in [1.165, 1.54) is 0 Å². The first-order valence-corrected chi connectivity index (χ1v) is 25.7. The van der Waals surface area contributed by atoms with Crippen LogP contribution in [0.1, 0.15) is 95.2 Å². The van der Waals surface area contributed by atoms with Crippen LogP contribution in [0.4, 0.5) is 17.6 Å². The second-order valence-corrected chi connectivity index (χ2v) is 18.8. The highest BCUT2D eigenvalue weighted by atomic mass is 19.1. The Morgan fingerprint density at radius 3 is 0.911 bits per heavy atom. The Kier molecular flexibility index (Phi) is 14.5. The lowest BCUT2D eigenvalue weighted by Gasteiger charge is -2.32. The van der Waals surface area contributed by atoms with Crippen LogP contribution in [0.25, 0.3) is 56.7 Å². The zero-order chi connectivity index (χ0) is 54.3. The number of hydrogen-bond donors (Lipinski definition) is 0. The smallest absolute Gasteiger partial charge is 0.140 e. The Labute approximate surface area is 455 Å². The minimum absolute atomic E-state index is 0.0998. The Morgan fingerprint density at radius 1 is 0.329 bits per heavy atom. The molecule has 0 aliphatic heterocycles. The van der Waals surface area contributed by atoms with E-state index in [1.54, 1.807) is 49.1 Å². The van der Waals surface area contributed by atoms with Crippen molar-refractivity contribution in [1.29, 1.82) is 0 Å². The molecule has 0 saturated heterocycles. The van der Waals surface area contributed by atoms with Crippen LogP contribution < -0.4 is 0 Å². The van der Waals surface area contributed by atoms with Crippen LogP contribution in [0.3, 0.4) is 0 Å². The maximum atomic E-state index is 15.8. The molecule has 6 heterocycles. The van der Waals surface area contributed by atoms with Gasteiger partial charge in [0.25, 0.3) is 0 Å². The van der Waals surface area contributed by atoms with Crippen molar-refractivity contribution in [3.63, 3.8) is 0 Å². The number of rotatable bonds is 8. The molecule has 6 nitrogen and oxygen atoms in total. The highest BCUT2D eigenvalue weighted by Gasteiger charge is 2.42. The normalized spacial score (nSPS) is 11.6. The number of aromatic nitrogens is 6. The molecule has 10 aromatic rings. The van der Waals surface area contributed by atoms with Crippen molar-refractivity contribution in [2.45, 2.75) is 44.9 Å². The van der Waals surface area contributed by atoms with E-state index < -0.39 is 28.7 Å². The summed E-state index contributed by atoms with van der Waals surface area (Å²) in [7, 11) is 0. The van der Waals surface area contributed by atoms with E-state index in [0.29, 0.717) is 67.8 Å². The molecule has 79 heavy (non-hydrogen) atoms. The average molecular weight is 1030 g/mol. The van der Waals surface area contributed by atoms with E-state index in [1.807, 2.05) is 97.1 Å². The summed E-state index contributed by atoms with van der Waals surface area (Å²) in [5.41, 5.74) is 10.5. The van der Waals surface area contributed by atoms with Crippen molar-refractivity contribution in [3.05, 3.63) is 261 Å². The van der Waals surface area contributed by atoms with Crippen molar-refractivity contribution in [2.24, 2.45) is 0 Å². The van der Waals surface area contributed by atoms with Gasteiger partial charge in [0.1, 0.15) is 23.3 Å². The third-order valence-electron chi connectivity index (χ3n) is 13.6. The van der Waals surface area contributed by atoms with Crippen LogP contribution in [-0.2, 0) is 5.41 Å². The molecule has 0 bridgehead atoms. The Balaban J connectivity index is 0.850. The first-order valence-electron chi connectivity index (χ1n) is 25.7. The predicted octanol–water partition coefficient (Wildman–Crippen LogP) is 14.7. The third-order valence-corrected chi connectivity index (χ3v) is 13.6. The van der Waals surface area contributed by atoms with Gasteiger partial charge in [-0.25, -0.2) is 27.5 Å². The second-order valence-electron chi connectivity index (χ2n) is 18.8. The lowest BCUT2D eigenvalue weighted by Crippen LogP contribution is -2.25. The van der Waals surface area contributed by atoms with Gasteiger partial charge in [-0.1, -0.05) is 110 Å². The summed E-state index contributed by atoms with van der Waals surface area (Å²) in [6, 6.07) is 45.2. The van der Waals surface area contributed by atoms with Gasteiger partial charge in [-0.15, -0.1) is 0 Å². The molecule has 0 radical (unpaired) electrons. The first-order chi connectivity index (χ1) is 38.6. The summed E-state index contributed by atoms with van der Waals surface area (Å²) in [6.45, 7) is 4.29. The molecule has 4 aromatic carbocycles. The fraction of sp³-hybridized carbons (Fsp3) is 0.101. The van der Waals surface area contributed by atoms with Crippen LogP contribution >= 0.6 is 0 Å². The van der Waals surface area contributed by atoms with Crippen LogP contribution in [0.15, 0.2) is 183 Å². The van der Waals surface area contributed by atoms with Gasteiger partial charge in [0, 0.05) is 52.5 Å². The van der Waals surface area contributed by atoms with Gasteiger partial charge in [-0.2, -0.15) is 0 Å². The van der Waals surface area contributed by atoms with Gasteiger partial charge in [-0.05, 0) is 156 Å². The molecule has 11 rings (SSSR count). The quantitative estimate of drug-likeness (QED) is 0.111. The molecule has 0 saturated carbocycles. The summed E-state index contributed by atoms with van der Waals surface area (Å²) < 4.78 is 63.1. The molecule has 0 fully saturated rings. The summed E-state index contributed by atoms with van der Waals surface area (Å²) >= 11 is 0. The Morgan fingerprint density at radius 2 is 0.633 bits per heavy atom. The van der Waals surface area contributed by atoms with E-state index in [0.717, 1.165) is 72.2 Å². The molecule has 0 atom stereocenters. The van der Waals surface area contributed by atoms with Crippen LogP contribution in [0.2, 0.25) is 0 Å². The molecule has 0 spiro atoms. The van der Waals surface area contributed by atoms with Gasteiger partial charge in [-0.3, -0.25) is 19.9 Å². The maximum Gasteiger partial charge on any atom is 0.140 e. The van der Waals surface area contributed by atoms with Gasteiger partial charge < -0.3 is 0 Å². The topological polar surface area (TPSA) is 77.3 Å². The molecule has 1 aliphatic carbocycles. The van der Waals surface area contributed by atoms with Crippen LogP contribution in [-0.4, -0.2) is 29.9 Å². The predicted molar refractivity (Wildman–Crippen MR) is 301 cm³/mol. The zero-order valence-electron chi connectivity index (χ0n) is 42.8. The van der Waals surface area contributed by atoms with Gasteiger partial charge in [0.2, 0.25) is 0 Å². The molecule has 0 N–H and O–H groups in total. The molecular formula is C69H44F4N6. The fourth-order valence-corrected chi connectivity index (χ4v) is 9.99. The molecule has 6 aromatic heterocycles. The van der Waals surface area contributed by atoms with E-state index in [2.05, 4.69) is 93.3 Å². The lowest BCUT2D eigenvalue weighted by molar-refractivity contribution is 0.435. The van der Waals surface area contributed by atoms with Gasteiger partial charge in [0.05, 0.1) is 67.8 Å². The minimum atomic E-state index is -0.709. The molecule has 0 amide bonds. The second kappa shape index (κ2) is 22.5. The largest absolute Gasteiger partial charge is 0.255 e. The van der Waals surface area contributed by atoms with E-state index in [-0.39, 0.29) is 22.3 Å². The van der Waals surface area contributed by atoms with Crippen molar-refractivity contribution in [2.75, 3.05) is 0 Å². The number of fused-ring (bicyclic) bond motifs is 3. The number of pyridine rings is 6.